The monoisotopic (exact) mass is 376 g/mol. The maximum Gasteiger partial charge on any atom is 0.306 e. The molecule has 0 saturated heterocycles. The smallest absolute Gasteiger partial charge is 0.306 e. The number of ether oxygens (including phenoxy) is 1. The van der Waals surface area contributed by atoms with Crippen LogP contribution in [0.4, 0.5) is 8.78 Å². The molecule has 0 heterocycles. The third-order valence-corrected chi connectivity index (χ3v) is 6.42. The Morgan fingerprint density at radius 1 is 1.00 bits per heavy atom. The van der Waals surface area contributed by atoms with Crippen LogP contribution in [-0.4, -0.2) is 12.1 Å². The number of hydrogen-bond donors (Lipinski definition) is 0. The number of rotatable bonds is 6. The highest BCUT2D eigenvalue weighted by Crippen LogP contribution is 2.43. The van der Waals surface area contributed by atoms with Gasteiger partial charge < -0.3 is 4.74 Å². The van der Waals surface area contributed by atoms with Gasteiger partial charge in [-0.25, -0.2) is 8.78 Å². The molecule has 2 fully saturated rings. The van der Waals surface area contributed by atoms with Crippen LogP contribution in [0.25, 0.3) is 0 Å². The lowest BCUT2D eigenvalue weighted by Crippen LogP contribution is -2.29. The summed E-state index contributed by atoms with van der Waals surface area (Å²) in [5.41, 5.74) is 0.933. The quantitative estimate of drug-likeness (QED) is 0.430. The van der Waals surface area contributed by atoms with Crippen molar-refractivity contribution in [1.29, 1.82) is 0 Å². The van der Waals surface area contributed by atoms with E-state index in [0.717, 1.165) is 56.9 Å². The highest BCUT2D eigenvalue weighted by molar-refractivity contribution is 5.69. The minimum absolute atomic E-state index is 0.0806. The first-order chi connectivity index (χ1) is 13.1. The summed E-state index contributed by atoms with van der Waals surface area (Å²) in [6.45, 7) is 3.63. The Morgan fingerprint density at radius 2 is 1.63 bits per heavy atom. The highest BCUT2D eigenvalue weighted by Gasteiger charge is 2.32. The highest BCUT2D eigenvalue weighted by atomic mass is 19.2. The van der Waals surface area contributed by atoms with Crippen LogP contribution in [0.15, 0.2) is 30.9 Å². The summed E-state index contributed by atoms with van der Waals surface area (Å²) in [4.78, 5) is 11.7. The van der Waals surface area contributed by atoms with Crippen LogP contribution >= 0.6 is 0 Å². The molecule has 0 unspecified atom stereocenters. The zero-order valence-corrected chi connectivity index (χ0v) is 16.0. The average Bonchev–Trinajstić information content (AvgIpc) is 2.69. The van der Waals surface area contributed by atoms with Crippen molar-refractivity contribution < 1.29 is 18.3 Å². The first-order valence-corrected chi connectivity index (χ1v) is 10.3. The summed E-state index contributed by atoms with van der Waals surface area (Å²) in [5.74, 6) is 0.150. The molecule has 148 valence electrons. The number of allylic oxidation sites excluding steroid dienone is 1. The van der Waals surface area contributed by atoms with Crippen LogP contribution in [0, 0.1) is 23.5 Å². The summed E-state index contributed by atoms with van der Waals surface area (Å²) in [7, 11) is 0. The molecule has 1 aromatic carbocycles. The fraction of sp³-hybridized carbons (Fsp3) is 0.609. The molecule has 0 amide bonds. The number of carbonyl (C=O) groups excluding carboxylic acids is 1. The van der Waals surface area contributed by atoms with Gasteiger partial charge in [0.05, 0.1) is 0 Å². The van der Waals surface area contributed by atoms with Gasteiger partial charge in [0.25, 0.3) is 0 Å². The molecule has 0 spiro atoms. The van der Waals surface area contributed by atoms with Gasteiger partial charge in [0.1, 0.15) is 6.10 Å². The van der Waals surface area contributed by atoms with Crippen molar-refractivity contribution in [2.75, 3.05) is 0 Å². The maximum atomic E-state index is 13.5. The van der Waals surface area contributed by atoms with E-state index in [2.05, 4.69) is 6.58 Å². The zero-order valence-electron chi connectivity index (χ0n) is 16.0. The second-order valence-electron chi connectivity index (χ2n) is 8.14. The number of halogens is 2. The van der Waals surface area contributed by atoms with Crippen molar-refractivity contribution in [3.63, 3.8) is 0 Å². The van der Waals surface area contributed by atoms with E-state index >= 15 is 0 Å². The third-order valence-electron chi connectivity index (χ3n) is 6.42. The molecule has 3 rings (SSSR count). The van der Waals surface area contributed by atoms with Crippen molar-refractivity contribution >= 4 is 5.97 Å². The van der Waals surface area contributed by atoms with E-state index in [1.54, 1.807) is 12.1 Å². The molecule has 2 aliphatic rings. The van der Waals surface area contributed by atoms with Crippen molar-refractivity contribution in [2.24, 2.45) is 11.8 Å². The molecule has 2 aliphatic carbocycles. The van der Waals surface area contributed by atoms with Crippen molar-refractivity contribution in [3.8, 4) is 0 Å². The lowest BCUT2D eigenvalue weighted by molar-refractivity contribution is -0.151. The van der Waals surface area contributed by atoms with Crippen molar-refractivity contribution in [3.05, 3.63) is 48.1 Å². The summed E-state index contributed by atoms with van der Waals surface area (Å²) in [6, 6.07) is 4.34. The molecular formula is C23H30F2O2. The van der Waals surface area contributed by atoms with Gasteiger partial charge in [0.2, 0.25) is 0 Å². The van der Waals surface area contributed by atoms with E-state index in [-0.39, 0.29) is 12.1 Å². The molecule has 4 heteroatoms. The number of esters is 1. The molecular weight excluding hydrogens is 346 g/mol. The summed E-state index contributed by atoms with van der Waals surface area (Å²) < 4.78 is 32.2. The van der Waals surface area contributed by atoms with Crippen LogP contribution < -0.4 is 0 Å². The average molecular weight is 376 g/mol. The topological polar surface area (TPSA) is 26.3 Å². The normalized spacial score (nSPS) is 28.5. The van der Waals surface area contributed by atoms with Gasteiger partial charge in [-0.05, 0) is 93.2 Å². The molecule has 0 atom stereocenters. The molecule has 1 aromatic rings. The zero-order chi connectivity index (χ0) is 19.2. The molecule has 0 aromatic heterocycles. The van der Waals surface area contributed by atoms with E-state index in [9.17, 15) is 13.6 Å². The van der Waals surface area contributed by atoms with E-state index in [1.165, 1.54) is 12.1 Å². The Hall–Kier alpha value is -1.71. The fourth-order valence-electron chi connectivity index (χ4n) is 4.83. The summed E-state index contributed by atoms with van der Waals surface area (Å²) in [6.07, 6.45) is 11.5. The van der Waals surface area contributed by atoms with Gasteiger partial charge in [-0.1, -0.05) is 12.1 Å². The summed E-state index contributed by atoms with van der Waals surface area (Å²) >= 11 is 0. The van der Waals surface area contributed by atoms with E-state index in [0.29, 0.717) is 30.6 Å². The first-order valence-electron chi connectivity index (χ1n) is 10.3. The van der Waals surface area contributed by atoms with Crippen LogP contribution in [0.3, 0.4) is 0 Å². The molecule has 0 radical (unpaired) electrons. The first kappa shape index (κ1) is 20.0. The SMILES string of the molecule is C=CCCC(=O)OC1CCC(C2CCC(c3ccc(F)c(F)c3)CC2)CC1. The Kier molecular flexibility index (Phi) is 7.03. The second kappa shape index (κ2) is 9.48. The van der Waals surface area contributed by atoms with Gasteiger partial charge in [-0.3, -0.25) is 4.79 Å². The number of benzene rings is 1. The van der Waals surface area contributed by atoms with E-state index in [4.69, 9.17) is 4.74 Å². The van der Waals surface area contributed by atoms with Crippen LogP contribution in [0.1, 0.15) is 75.7 Å². The van der Waals surface area contributed by atoms with Gasteiger partial charge in [0, 0.05) is 6.42 Å². The molecule has 2 nitrogen and oxygen atoms in total. The van der Waals surface area contributed by atoms with Crippen molar-refractivity contribution in [1.82, 2.24) is 0 Å². The Labute approximate surface area is 161 Å². The van der Waals surface area contributed by atoms with E-state index < -0.39 is 11.6 Å². The van der Waals surface area contributed by atoms with Crippen LogP contribution in [0.2, 0.25) is 0 Å². The molecule has 2 saturated carbocycles. The lowest BCUT2D eigenvalue weighted by Gasteiger charge is -2.37. The van der Waals surface area contributed by atoms with E-state index in [1.807, 2.05) is 0 Å². The lowest BCUT2D eigenvalue weighted by atomic mass is 9.69. The minimum atomic E-state index is -0.769. The largest absolute Gasteiger partial charge is 0.462 e. The minimum Gasteiger partial charge on any atom is -0.462 e. The predicted octanol–water partition coefficient (Wildman–Crippen LogP) is 6.31. The van der Waals surface area contributed by atoms with Gasteiger partial charge in [-0.2, -0.15) is 0 Å². The third kappa shape index (κ3) is 5.40. The molecule has 27 heavy (non-hydrogen) atoms. The molecule has 0 bridgehead atoms. The maximum absolute atomic E-state index is 13.5. The second-order valence-corrected chi connectivity index (χ2v) is 8.14. The number of hydrogen-bond acceptors (Lipinski definition) is 2. The molecule has 0 aliphatic heterocycles. The molecule has 0 N–H and O–H groups in total. The van der Waals surface area contributed by atoms with Gasteiger partial charge in [-0.15, -0.1) is 6.58 Å². The predicted molar refractivity (Wildman–Crippen MR) is 102 cm³/mol. The standard InChI is InChI=1S/C23H30F2O2/c1-2-3-4-23(26)27-20-12-9-17(10-13-20)16-5-7-18(8-6-16)19-11-14-21(24)22(25)15-19/h2,11,14-18,20H,1,3-10,12-13H2. The fourth-order valence-corrected chi connectivity index (χ4v) is 4.83. The number of carbonyl (C=O) groups is 1. The Morgan fingerprint density at radius 3 is 2.22 bits per heavy atom. The van der Waals surface area contributed by atoms with Crippen LogP contribution in [-0.2, 0) is 9.53 Å². The van der Waals surface area contributed by atoms with Gasteiger partial charge in [0.15, 0.2) is 11.6 Å². The van der Waals surface area contributed by atoms with Crippen LogP contribution in [0.5, 0.6) is 0 Å². The van der Waals surface area contributed by atoms with Crippen molar-refractivity contribution in [2.45, 2.75) is 76.2 Å². The summed E-state index contributed by atoms with van der Waals surface area (Å²) in [5, 5.41) is 0. The Bertz CT molecular complexity index is 642. The Balaban J connectivity index is 1.42. The van der Waals surface area contributed by atoms with Gasteiger partial charge >= 0.3 is 5.97 Å².